The van der Waals surface area contributed by atoms with Gasteiger partial charge in [-0.15, -0.1) is 0 Å². The SMILES string of the molecule is CN(C)C(=NCc1ccc(N2CCN(CC3CC3)CC2)cc1)N(C)C. The highest BCUT2D eigenvalue weighted by atomic mass is 15.3. The second-order valence-electron chi connectivity index (χ2n) is 7.80. The number of rotatable bonds is 5. The first-order valence-electron chi connectivity index (χ1n) is 9.48. The molecule has 1 aromatic rings. The summed E-state index contributed by atoms with van der Waals surface area (Å²) in [6, 6.07) is 8.95. The van der Waals surface area contributed by atoms with Crippen molar-refractivity contribution in [3.63, 3.8) is 0 Å². The molecule has 1 aliphatic heterocycles. The Balaban J connectivity index is 1.52. The summed E-state index contributed by atoms with van der Waals surface area (Å²) in [6.45, 7) is 6.76. The van der Waals surface area contributed by atoms with Gasteiger partial charge in [-0.25, -0.2) is 4.99 Å². The zero-order valence-corrected chi connectivity index (χ0v) is 16.3. The van der Waals surface area contributed by atoms with Crippen LogP contribution < -0.4 is 4.90 Å². The first-order valence-corrected chi connectivity index (χ1v) is 9.48. The maximum atomic E-state index is 4.73. The maximum Gasteiger partial charge on any atom is 0.195 e. The highest BCUT2D eigenvalue weighted by Gasteiger charge is 2.26. The molecule has 5 nitrogen and oxygen atoms in total. The van der Waals surface area contributed by atoms with Crippen molar-refractivity contribution >= 4 is 11.6 Å². The van der Waals surface area contributed by atoms with Crippen LogP contribution in [0, 0.1) is 5.92 Å². The molecule has 25 heavy (non-hydrogen) atoms. The summed E-state index contributed by atoms with van der Waals surface area (Å²) in [5.74, 6) is 2.00. The van der Waals surface area contributed by atoms with E-state index in [0.717, 1.165) is 31.5 Å². The van der Waals surface area contributed by atoms with Crippen LogP contribution in [0.3, 0.4) is 0 Å². The van der Waals surface area contributed by atoms with Crippen molar-refractivity contribution in [1.29, 1.82) is 0 Å². The van der Waals surface area contributed by atoms with Crippen LogP contribution in [0.1, 0.15) is 18.4 Å². The highest BCUT2D eigenvalue weighted by molar-refractivity contribution is 5.79. The Bertz CT molecular complexity index is 556. The Hall–Kier alpha value is -1.75. The van der Waals surface area contributed by atoms with Gasteiger partial charge >= 0.3 is 0 Å². The molecule has 0 N–H and O–H groups in total. The number of nitrogens with zero attached hydrogens (tertiary/aromatic N) is 5. The van der Waals surface area contributed by atoms with E-state index in [1.54, 1.807) is 0 Å². The third-order valence-corrected chi connectivity index (χ3v) is 5.09. The Kier molecular flexibility index (Phi) is 5.84. The molecule has 1 aromatic carbocycles. The standard InChI is InChI=1S/C20H33N5/c1-22(2)20(23(3)4)21-15-17-7-9-19(10-8-17)25-13-11-24(12-14-25)16-18-5-6-18/h7-10,18H,5-6,11-16H2,1-4H3. The number of guanidine groups is 1. The number of anilines is 1. The largest absolute Gasteiger partial charge is 0.369 e. The zero-order valence-electron chi connectivity index (χ0n) is 16.3. The molecule has 3 rings (SSSR count). The minimum atomic E-state index is 0.723. The maximum absolute atomic E-state index is 4.73. The van der Waals surface area contributed by atoms with Gasteiger partial charge in [0.25, 0.3) is 0 Å². The topological polar surface area (TPSA) is 25.3 Å². The fourth-order valence-corrected chi connectivity index (χ4v) is 3.51. The molecular formula is C20H33N5. The number of hydrogen-bond donors (Lipinski definition) is 0. The Morgan fingerprint density at radius 1 is 0.960 bits per heavy atom. The van der Waals surface area contributed by atoms with E-state index in [2.05, 4.69) is 43.9 Å². The molecule has 0 amide bonds. The lowest BCUT2D eigenvalue weighted by Gasteiger charge is -2.36. The van der Waals surface area contributed by atoms with Crippen molar-refractivity contribution in [2.75, 3.05) is 65.8 Å². The molecule has 1 heterocycles. The van der Waals surface area contributed by atoms with Crippen LogP contribution in [0.25, 0.3) is 0 Å². The van der Waals surface area contributed by atoms with Gasteiger partial charge in [0.1, 0.15) is 0 Å². The minimum absolute atomic E-state index is 0.723. The summed E-state index contributed by atoms with van der Waals surface area (Å²) in [5, 5.41) is 0. The molecule has 0 spiro atoms. The number of hydrogen-bond acceptors (Lipinski definition) is 3. The second-order valence-corrected chi connectivity index (χ2v) is 7.80. The lowest BCUT2D eigenvalue weighted by Crippen LogP contribution is -2.47. The summed E-state index contributed by atoms with van der Waals surface area (Å²) in [5.41, 5.74) is 2.61. The number of aliphatic imine (C=N–C) groups is 1. The van der Waals surface area contributed by atoms with Gasteiger partial charge in [-0.3, -0.25) is 4.90 Å². The van der Waals surface area contributed by atoms with Crippen LogP contribution in [-0.2, 0) is 6.54 Å². The molecule has 5 heteroatoms. The predicted octanol–water partition coefficient (Wildman–Crippen LogP) is 2.20. The van der Waals surface area contributed by atoms with Crippen molar-refractivity contribution in [3.05, 3.63) is 29.8 Å². The normalized spacial score (nSPS) is 18.2. The smallest absolute Gasteiger partial charge is 0.195 e. The van der Waals surface area contributed by atoms with Crippen molar-refractivity contribution in [3.8, 4) is 0 Å². The summed E-state index contributed by atoms with van der Waals surface area (Å²) in [6.07, 6.45) is 2.90. The monoisotopic (exact) mass is 343 g/mol. The van der Waals surface area contributed by atoms with E-state index in [-0.39, 0.29) is 0 Å². The van der Waals surface area contributed by atoms with E-state index in [1.807, 2.05) is 28.2 Å². The van der Waals surface area contributed by atoms with Crippen molar-refractivity contribution in [2.45, 2.75) is 19.4 Å². The van der Waals surface area contributed by atoms with Crippen molar-refractivity contribution in [2.24, 2.45) is 10.9 Å². The van der Waals surface area contributed by atoms with Crippen molar-refractivity contribution < 1.29 is 0 Å². The Morgan fingerprint density at radius 3 is 2.08 bits per heavy atom. The third kappa shape index (κ3) is 5.11. The van der Waals surface area contributed by atoms with E-state index in [0.29, 0.717) is 0 Å². The molecular weight excluding hydrogens is 310 g/mol. The molecule has 2 fully saturated rings. The van der Waals surface area contributed by atoms with Gasteiger partial charge in [0.05, 0.1) is 6.54 Å². The van der Waals surface area contributed by atoms with Gasteiger partial charge in [-0.1, -0.05) is 12.1 Å². The molecule has 0 unspecified atom stereocenters. The van der Waals surface area contributed by atoms with Crippen molar-refractivity contribution in [1.82, 2.24) is 14.7 Å². The Labute approximate surface area is 152 Å². The van der Waals surface area contributed by atoms with Gasteiger partial charge in [0.2, 0.25) is 0 Å². The van der Waals surface area contributed by atoms with Crippen LogP contribution in [0.4, 0.5) is 5.69 Å². The van der Waals surface area contributed by atoms with Gasteiger partial charge < -0.3 is 14.7 Å². The van der Waals surface area contributed by atoms with Crippen LogP contribution in [0.2, 0.25) is 0 Å². The molecule has 1 aliphatic carbocycles. The zero-order chi connectivity index (χ0) is 17.8. The van der Waals surface area contributed by atoms with E-state index in [9.17, 15) is 0 Å². The number of benzene rings is 1. The van der Waals surface area contributed by atoms with Crippen LogP contribution in [0.15, 0.2) is 29.3 Å². The van der Waals surface area contributed by atoms with Crippen LogP contribution in [-0.4, -0.2) is 81.6 Å². The fraction of sp³-hybridized carbons (Fsp3) is 0.650. The van der Waals surface area contributed by atoms with E-state index < -0.39 is 0 Å². The van der Waals surface area contributed by atoms with Crippen LogP contribution in [0.5, 0.6) is 0 Å². The summed E-state index contributed by atoms with van der Waals surface area (Å²) >= 11 is 0. The van der Waals surface area contributed by atoms with E-state index >= 15 is 0 Å². The van der Waals surface area contributed by atoms with Gasteiger partial charge in [-0.05, 0) is 36.5 Å². The fourth-order valence-electron chi connectivity index (χ4n) is 3.51. The second kappa shape index (κ2) is 8.09. The first-order chi connectivity index (χ1) is 12.0. The first kappa shape index (κ1) is 18.1. The highest BCUT2D eigenvalue weighted by Crippen LogP contribution is 2.30. The molecule has 0 atom stereocenters. The van der Waals surface area contributed by atoms with Crippen LogP contribution >= 0.6 is 0 Å². The molecule has 138 valence electrons. The third-order valence-electron chi connectivity index (χ3n) is 5.09. The van der Waals surface area contributed by atoms with Gasteiger partial charge in [-0.2, -0.15) is 0 Å². The average Bonchev–Trinajstić information content (AvgIpc) is 3.40. The molecule has 1 saturated carbocycles. The molecule has 0 radical (unpaired) electrons. The quantitative estimate of drug-likeness (QED) is 0.605. The van der Waals surface area contributed by atoms with E-state index in [1.165, 1.54) is 43.7 Å². The minimum Gasteiger partial charge on any atom is -0.369 e. The molecule has 2 aliphatic rings. The molecule has 1 saturated heterocycles. The van der Waals surface area contributed by atoms with Gasteiger partial charge in [0, 0.05) is 66.6 Å². The van der Waals surface area contributed by atoms with Gasteiger partial charge in [0.15, 0.2) is 5.96 Å². The number of piperazine rings is 1. The summed E-state index contributed by atoms with van der Waals surface area (Å²) in [7, 11) is 8.13. The Morgan fingerprint density at radius 2 is 1.56 bits per heavy atom. The van der Waals surface area contributed by atoms with E-state index in [4.69, 9.17) is 4.99 Å². The lowest BCUT2D eigenvalue weighted by molar-refractivity contribution is 0.248. The lowest BCUT2D eigenvalue weighted by atomic mass is 10.1. The summed E-state index contributed by atoms with van der Waals surface area (Å²) in [4.78, 5) is 14.0. The summed E-state index contributed by atoms with van der Waals surface area (Å²) < 4.78 is 0. The predicted molar refractivity (Wildman–Crippen MR) is 106 cm³/mol. The average molecular weight is 344 g/mol. The molecule has 0 aromatic heterocycles. The molecule has 0 bridgehead atoms.